The molecule has 0 radical (unpaired) electrons. The number of hydrogen-bond acceptors (Lipinski definition) is 2. The van der Waals surface area contributed by atoms with E-state index in [4.69, 9.17) is 4.99 Å². The van der Waals surface area contributed by atoms with Crippen LogP contribution in [0.3, 0.4) is 0 Å². The molecule has 1 nitrogen and oxygen atoms in total. The van der Waals surface area contributed by atoms with E-state index in [1.807, 2.05) is 0 Å². The maximum Gasteiger partial charge on any atom is 0.109 e. The number of nitrogens with zero attached hydrogens (tertiary/aromatic N) is 1. The minimum atomic E-state index is -1.09. The monoisotopic (exact) mass is 291 g/mol. The Morgan fingerprint density at radius 1 is 1.05 bits per heavy atom. The van der Waals surface area contributed by atoms with Crippen LogP contribution in [0.25, 0.3) is 0 Å². The van der Waals surface area contributed by atoms with Crippen molar-refractivity contribution in [1.82, 2.24) is 0 Å². The summed E-state index contributed by atoms with van der Waals surface area (Å²) in [6, 6.07) is 10.5. The van der Waals surface area contributed by atoms with Crippen molar-refractivity contribution in [2.75, 3.05) is 0 Å². The van der Waals surface area contributed by atoms with Crippen LogP contribution >= 0.6 is 11.2 Å². The predicted octanol–water partition coefficient (Wildman–Crippen LogP) is 5.66. The summed E-state index contributed by atoms with van der Waals surface area (Å²) in [4.78, 5) is 4.96. The molecule has 0 saturated heterocycles. The molecule has 1 saturated carbocycles. The van der Waals surface area contributed by atoms with Gasteiger partial charge in [0, 0.05) is 11.0 Å². The third-order valence-electron chi connectivity index (χ3n) is 3.30. The number of rotatable bonds is 3. The molecule has 1 aromatic rings. The van der Waals surface area contributed by atoms with Gasteiger partial charge in [-0.2, -0.15) is 11.2 Å². The van der Waals surface area contributed by atoms with Crippen LogP contribution in [-0.4, -0.2) is 18.2 Å². The van der Waals surface area contributed by atoms with Crippen molar-refractivity contribution in [3.8, 4) is 0 Å². The maximum atomic E-state index is 4.96. The lowest BCUT2D eigenvalue weighted by molar-refractivity contribution is 0.706. The van der Waals surface area contributed by atoms with Crippen LogP contribution < -0.4 is 0 Å². The summed E-state index contributed by atoms with van der Waals surface area (Å²) in [7, 11) is -1.09. The lowest BCUT2D eigenvalue weighted by Crippen LogP contribution is -2.25. The van der Waals surface area contributed by atoms with Crippen molar-refractivity contribution in [2.24, 2.45) is 4.99 Å². The summed E-state index contributed by atoms with van der Waals surface area (Å²) in [5.41, 5.74) is 2.57. The zero-order valence-corrected chi connectivity index (χ0v) is 14.2. The van der Waals surface area contributed by atoms with Crippen molar-refractivity contribution in [1.29, 1.82) is 0 Å². The number of para-hydroxylation sites is 1. The average molecular weight is 292 g/mol. The van der Waals surface area contributed by atoms with E-state index >= 15 is 0 Å². The molecule has 1 unspecified atom stereocenters. The van der Waals surface area contributed by atoms with Gasteiger partial charge in [-0.1, -0.05) is 50.7 Å². The molecule has 0 aliphatic heterocycles. The molecule has 1 aliphatic rings. The molecule has 19 heavy (non-hydrogen) atoms. The van der Waals surface area contributed by atoms with Crippen LogP contribution in [-0.2, 0) is 0 Å². The fraction of sp³-hybridized carbons (Fsp3) is 0.562. The van der Waals surface area contributed by atoms with Crippen LogP contribution in [0.5, 0.6) is 0 Å². The van der Waals surface area contributed by atoms with E-state index < -0.39 is 7.22 Å². The summed E-state index contributed by atoms with van der Waals surface area (Å²) < 4.78 is 0. The molecule has 0 amide bonds. The Labute approximate surface area is 122 Å². The second kappa shape index (κ2) is 6.75. The highest BCUT2D eigenvalue weighted by Gasteiger charge is 2.26. The lowest BCUT2D eigenvalue weighted by Gasteiger charge is -2.24. The number of hydrogen-bond donors (Lipinski definition) is 0. The molecule has 1 aromatic carbocycles. The zero-order chi connectivity index (χ0) is 13.7. The van der Waals surface area contributed by atoms with Gasteiger partial charge in [-0.05, 0) is 31.4 Å². The van der Waals surface area contributed by atoms with E-state index in [2.05, 4.69) is 61.2 Å². The first-order chi connectivity index (χ1) is 9.04. The van der Waals surface area contributed by atoms with E-state index in [-0.39, 0.29) is 0 Å². The van der Waals surface area contributed by atoms with Gasteiger partial charge in [0.05, 0.1) is 5.69 Å². The van der Waals surface area contributed by atoms with Gasteiger partial charge in [0.1, 0.15) is 7.22 Å². The molecule has 104 valence electrons. The van der Waals surface area contributed by atoms with Gasteiger partial charge in [0.25, 0.3) is 0 Å². The first kappa shape index (κ1) is 14.9. The van der Waals surface area contributed by atoms with Gasteiger partial charge in [0.2, 0.25) is 0 Å². The summed E-state index contributed by atoms with van der Waals surface area (Å²) in [6.45, 7) is 7.34. The van der Waals surface area contributed by atoms with Gasteiger partial charge >= 0.3 is 0 Å². The van der Waals surface area contributed by atoms with Gasteiger partial charge in [-0.25, -0.2) is 0 Å². The molecule has 0 aromatic heterocycles. The third kappa shape index (κ3) is 5.15. The Bertz CT molecular complexity index is 422. The molecule has 1 fully saturated rings. The molecule has 0 N–H and O–H groups in total. The topological polar surface area (TPSA) is 12.4 Å². The molecular formula is C16H25NSSi. The van der Waals surface area contributed by atoms with Crippen LogP contribution in [0.1, 0.15) is 32.1 Å². The van der Waals surface area contributed by atoms with Crippen LogP contribution in [0.2, 0.25) is 19.6 Å². The Hall–Kier alpha value is -0.543. The molecular weight excluding hydrogens is 266 g/mol. The summed E-state index contributed by atoms with van der Waals surface area (Å²) >= 11 is 2.23. The minimum absolute atomic E-state index is 0.661. The van der Waals surface area contributed by atoms with Crippen molar-refractivity contribution >= 4 is 29.8 Å². The maximum absolute atomic E-state index is 4.96. The van der Waals surface area contributed by atoms with Crippen molar-refractivity contribution < 1.29 is 0 Å². The van der Waals surface area contributed by atoms with Crippen molar-refractivity contribution in [3.63, 3.8) is 0 Å². The van der Waals surface area contributed by atoms with E-state index in [9.17, 15) is 0 Å². The summed E-state index contributed by atoms with van der Waals surface area (Å²) in [5, 5.41) is 0.661. The zero-order valence-electron chi connectivity index (χ0n) is 12.4. The fourth-order valence-electron chi connectivity index (χ4n) is 2.49. The fourth-order valence-corrected chi connectivity index (χ4v) is 7.26. The van der Waals surface area contributed by atoms with Crippen LogP contribution in [0, 0.1) is 0 Å². The second-order valence-corrected chi connectivity index (χ2v) is 15.7. The Morgan fingerprint density at radius 2 is 1.79 bits per heavy atom. The Kier molecular flexibility index (Phi) is 5.28. The van der Waals surface area contributed by atoms with Crippen LogP contribution in [0.4, 0.5) is 5.69 Å². The molecule has 0 bridgehead atoms. The predicted molar refractivity (Wildman–Crippen MR) is 91.3 cm³/mol. The lowest BCUT2D eigenvalue weighted by atomic mass is 10.1. The summed E-state index contributed by atoms with van der Waals surface area (Å²) in [6.07, 6.45) is 6.57. The van der Waals surface area contributed by atoms with Crippen molar-refractivity contribution in [2.45, 2.75) is 57.0 Å². The normalized spacial score (nSPS) is 23.3. The van der Waals surface area contributed by atoms with Crippen LogP contribution in [0.15, 0.2) is 35.3 Å². The Balaban J connectivity index is 2.19. The largest absolute Gasteiger partial charge is 0.257 e. The molecule has 1 atom stereocenters. The van der Waals surface area contributed by atoms with E-state index in [1.165, 1.54) is 37.8 Å². The van der Waals surface area contributed by atoms with Gasteiger partial charge in [0.15, 0.2) is 0 Å². The number of benzene rings is 1. The SMILES string of the molecule is C[Si](C)(C)SC1CCCCC/C1=N\c1ccccc1. The minimum Gasteiger partial charge on any atom is -0.257 e. The number of aliphatic imine (C=N–C) groups is 1. The van der Waals surface area contributed by atoms with E-state index in [1.54, 1.807) is 0 Å². The van der Waals surface area contributed by atoms with E-state index in [0.717, 1.165) is 5.69 Å². The van der Waals surface area contributed by atoms with E-state index in [0.29, 0.717) is 5.25 Å². The molecule has 0 heterocycles. The second-order valence-electron chi connectivity index (χ2n) is 6.26. The third-order valence-corrected chi connectivity index (χ3v) is 7.77. The highest BCUT2D eigenvalue weighted by atomic mass is 32.4. The summed E-state index contributed by atoms with van der Waals surface area (Å²) in [5.74, 6) is 0. The highest BCUT2D eigenvalue weighted by molar-refractivity contribution is 8.29. The van der Waals surface area contributed by atoms with Gasteiger partial charge in [-0.15, -0.1) is 0 Å². The molecule has 2 rings (SSSR count). The smallest absolute Gasteiger partial charge is 0.109 e. The molecule has 3 heteroatoms. The quantitative estimate of drug-likeness (QED) is 0.517. The first-order valence-electron chi connectivity index (χ1n) is 7.35. The average Bonchev–Trinajstić information content (AvgIpc) is 2.55. The standard InChI is InChI=1S/C16H25NSSi/c1-19(2,3)18-16-13-9-5-8-12-15(16)17-14-10-6-4-7-11-14/h4,6-7,10-11,16H,5,8-9,12-13H2,1-3H3/b17-15+. The first-order valence-corrected chi connectivity index (χ1v) is 12.5. The van der Waals surface area contributed by atoms with Crippen molar-refractivity contribution in [3.05, 3.63) is 30.3 Å². The highest BCUT2D eigenvalue weighted by Crippen LogP contribution is 2.33. The molecule has 1 aliphatic carbocycles. The molecule has 0 spiro atoms. The van der Waals surface area contributed by atoms with Gasteiger partial charge < -0.3 is 0 Å². The van der Waals surface area contributed by atoms with Gasteiger partial charge in [-0.3, -0.25) is 4.99 Å². The Morgan fingerprint density at radius 3 is 2.47 bits per heavy atom.